The second-order valence-corrected chi connectivity index (χ2v) is 7.94. The normalized spacial score (nSPS) is 14.9. The maximum atomic E-state index is 12.6. The van der Waals surface area contributed by atoms with Crippen molar-refractivity contribution in [3.05, 3.63) is 87.6 Å². The van der Waals surface area contributed by atoms with Crippen LogP contribution in [-0.4, -0.2) is 31.0 Å². The maximum absolute atomic E-state index is 12.6. The Kier molecular flexibility index (Phi) is 5.74. The topological polar surface area (TPSA) is 41.6 Å². The molecule has 4 rings (SSSR count). The third kappa shape index (κ3) is 4.11. The highest BCUT2D eigenvalue weighted by Crippen LogP contribution is 2.30. The van der Waals surface area contributed by atoms with Crippen molar-refractivity contribution in [1.82, 2.24) is 10.2 Å². The summed E-state index contributed by atoms with van der Waals surface area (Å²) in [5.74, 6) is 0.696. The fourth-order valence-electron chi connectivity index (χ4n) is 3.71. The Bertz CT molecular complexity index is 922. The summed E-state index contributed by atoms with van der Waals surface area (Å²) in [7, 11) is 1.62. The Morgan fingerprint density at radius 3 is 2.61 bits per heavy atom. The highest BCUT2D eigenvalue weighted by atomic mass is 32.1. The predicted molar refractivity (Wildman–Crippen MR) is 113 cm³/mol. The summed E-state index contributed by atoms with van der Waals surface area (Å²) in [5, 5.41) is 5.23. The summed E-state index contributed by atoms with van der Waals surface area (Å²) in [6.07, 6.45) is 1.05. The number of methoxy groups -OCH3 is 1. The lowest BCUT2D eigenvalue weighted by molar-refractivity contribution is 0.0928. The summed E-state index contributed by atoms with van der Waals surface area (Å²) < 4.78 is 5.17. The van der Waals surface area contributed by atoms with E-state index in [4.69, 9.17) is 4.74 Å². The second-order valence-electron chi connectivity index (χ2n) is 6.96. The molecule has 2 aromatic carbocycles. The minimum Gasteiger partial charge on any atom is -0.497 e. The third-order valence-electron chi connectivity index (χ3n) is 5.28. The molecule has 0 saturated heterocycles. The lowest BCUT2D eigenvalue weighted by Gasteiger charge is -2.35. The Hall–Kier alpha value is -2.63. The van der Waals surface area contributed by atoms with Crippen molar-refractivity contribution < 1.29 is 9.53 Å². The molecule has 0 aliphatic carbocycles. The minimum atomic E-state index is -0.0541. The van der Waals surface area contributed by atoms with Crippen LogP contribution < -0.4 is 10.1 Å². The first-order valence-electron chi connectivity index (χ1n) is 9.51. The SMILES string of the molecule is COc1ccc(C(=O)NC[C@@H](c2cccs2)N2CCc3ccccc3C2)cc1. The molecule has 0 spiro atoms. The van der Waals surface area contributed by atoms with Crippen molar-refractivity contribution in [3.8, 4) is 5.75 Å². The van der Waals surface area contributed by atoms with Crippen LogP contribution in [0.5, 0.6) is 5.75 Å². The largest absolute Gasteiger partial charge is 0.497 e. The molecule has 1 aromatic heterocycles. The molecule has 3 aromatic rings. The van der Waals surface area contributed by atoms with E-state index in [1.807, 2.05) is 12.1 Å². The number of thiophene rings is 1. The average Bonchev–Trinajstić information content (AvgIpc) is 3.28. The molecule has 0 bridgehead atoms. The Labute approximate surface area is 169 Å². The van der Waals surface area contributed by atoms with Crippen LogP contribution in [0, 0.1) is 0 Å². The van der Waals surface area contributed by atoms with Crippen molar-refractivity contribution in [1.29, 1.82) is 0 Å². The van der Waals surface area contributed by atoms with Crippen LogP contribution in [0.1, 0.15) is 32.4 Å². The summed E-state index contributed by atoms with van der Waals surface area (Å²) in [6.45, 7) is 2.50. The van der Waals surface area contributed by atoms with E-state index < -0.39 is 0 Å². The van der Waals surface area contributed by atoms with E-state index in [1.54, 1.807) is 30.6 Å². The summed E-state index contributed by atoms with van der Waals surface area (Å²) >= 11 is 1.75. The van der Waals surface area contributed by atoms with Crippen LogP contribution in [-0.2, 0) is 13.0 Å². The van der Waals surface area contributed by atoms with Gasteiger partial charge < -0.3 is 10.1 Å². The zero-order valence-corrected chi connectivity index (χ0v) is 16.7. The number of benzene rings is 2. The predicted octanol–water partition coefficient (Wildman–Crippen LogP) is 4.29. The molecular formula is C23H24N2O2S. The van der Waals surface area contributed by atoms with Crippen LogP contribution in [0.3, 0.4) is 0 Å². The van der Waals surface area contributed by atoms with E-state index in [2.05, 4.69) is 52.0 Å². The number of nitrogens with one attached hydrogen (secondary N) is 1. The van der Waals surface area contributed by atoms with E-state index >= 15 is 0 Å². The Morgan fingerprint density at radius 2 is 1.89 bits per heavy atom. The number of carbonyl (C=O) groups excluding carboxylic acids is 1. The van der Waals surface area contributed by atoms with E-state index in [0.717, 1.165) is 25.3 Å². The van der Waals surface area contributed by atoms with Crippen LogP contribution in [0.25, 0.3) is 0 Å². The first kappa shape index (κ1) is 18.7. The van der Waals surface area contributed by atoms with Gasteiger partial charge in [0.05, 0.1) is 13.2 Å². The molecule has 144 valence electrons. The Balaban J connectivity index is 1.47. The highest BCUT2D eigenvalue weighted by Gasteiger charge is 2.26. The molecule has 0 fully saturated rings. The summed E-state index contributed by atoms with van der Waals surface area (Å²) in [5.41, 5.74) is 3.47. The first-order chi connectivity index (χ1) is 13.7. The van der Waals surface area contributed by atoms with Gasteiger partial charge in [0, 0.05) is 30.1 Å². The van der Waals surface area contributed by atoms with Crippen LogP contribution in [0.4, 0.5) is 0 Å². The number of ether oxygens (including phenoxy) is 1. The molecule has 1 atom stereocenters. The molecule has 0 unspecified atom stereocenters. The van der Waals surface area contributed by atoms with Gasteiger partial charge in [0.2, 0.25) is 0 Å². The van der Waals surface area contributed by atoms with E-state index in [1.165, 1.54) is 16.0 Å². The van der Waals surface area contributed by atoms with Gasteiger partial charge >= 0.3 is 0 Å². The van der Waals surface area contributed by atoms with Crippen molar-refractivity contribution >= 4 is 17.2 Å². The molecular weight excluding hydrogens is 368 g/mol. The number of fused-ring (bicyclic) bond motifs is 1. The zero-order valence-electron chi connectivity index (χ0n) is 15.9. The molecule has 1 N–H and O–H groups in total. The minimum absolute atomic E-state index is 0.0541. The van der Waals surface area contributed by atoms with E-state index in [9.17, 15) is 4.79 Å². The van der Waals surface area contributed by atoms with Crippen molar-refractivity contribution in [2.75, 3.05) is 20.2 Å². The second kappa shape index (κ2) is 8.59. The number of carbonyl (C=O) groups is 1. The summed E-state index contributed by atoms with van der Waals surface area (Å²) in [4.78, 5) is 16.4. The molecule has 0 radical (unpaired) electrons. The molecule has 4 nitrogen and oxygen atoms in total. The number of hydrogen-bond donors (Lipinski definition) is 1. The Morgan fingerprint density at radius 1 is 1.11 bits per heavy atom. The quantitative estimate of drug-likeness (QED) is 0.681. The van der Waals surface area contributed by atoms with Gasteiger partial charge in [0.15, 0.2) is 0 Å². The fourth-order valence-corrected chi connectivity index (χ4v) is 4.57. The van der Waals surface area contributed by atoms with Crippen molar-refractivity contribution in [2.45, 2.75) is 19.0 Å². The van der Waals surface area contributed by atoms with Crippen molar-refractivity contribution in [2.24, 2.45) is 0 Å². The standard InChI is InChI=1S/C23H24N2O2S/c1-27-20-10-8-18(9-11-20)23(26)24-15-21(22-7-4-14-28-22)25-13-12-17-5-2-3-6-19(17)16-25/h2-11,14,21H,12-13,15-16H2,1H3,(H,24,26)/t21-/m0/s1. The van der Waals surface area contributed by atoms with Crippen molar-refractivity contribution in [3.63, 3.8) is 0 Å². The maximum Gasteiger partial charge on any atom is 0.251 e. The van der Waals surface area contributed by atoms with Crippen LogP contribution in [0.2, 0.25) is 0 Å². The number of nitrogens with zero attached hydrogens (tertiary/aromatic N) is 1. The zero-order chi connectivity index (χ0) is 19.3. The van der Waals surface area contributed by atoms with Gasteiger partial charge in [-0.1, -0.05) is 30.3 Å². The molecule has 2 heterocycles. The van der Waals surface area contributed by atoms with Gasteiger partial charge in [0.25, 0.3) is 5.91 Å². The lowest BCUT2D eigenvalue weighted by Crippen LogP contribution is -2.40. The molecule has 5 heteroatoms. The molecule has 1 aliphatic heterocycles. The van der Waals surface area contributed by atoms with Gasteiger partial charge in [-0.3, -0.25) is 9.69 Å². The number of rotatable bonds is 6. The molecule has 28 heavy (non-hydrogen) atoms. The molecule has 0 saturated carbocycles. The molecule has 1 amide bonds. The highest BCUT2D eigenvalue weighted by molar-refractivity contribution is 7.10. The number of amides is 1. The van der Waals surface area contributed by atoms with Gasteiger partial charge in [-0.15, -0.1) is 11.3 Å². The number of hydrogen-bond acceptors (Lipinski definition) is 4. The average molecular weight is 393 g/mol. The van der Waals surface area contributed by atoms with Gasteiger partial charge in [-0.25, -0.2) is 0 Å². The lowest BCUT2D eigenvalue weighted by atomic mass is 9.98. The van der Waals surface area contributed by atoms with E-state index in [0.29, 0.717) is 12.1 Å². The van der Waals surface area contributed by atoms with Crippen LogP contribution >= 0.6 is 11.3 Å². The van der Waals surface area contributed by atoms with E-state index in [-0.39, 0.29) is 11.9 Å². The third-order valence-corrected chi connectivity index (χ3v) is 6.25. The van der Waals surface area contributed by atoms with Gasteiger partial charge in [-0.05, 0) is 53.3 Å². The van der Waals surface area contributed by atoms with Gasteiger partial charge in [-0.2, -0.15) is 0 Å². The summed E-state index contributed by atoms with van der Waals surface area (Å²) in [6, 6.07) is 20.3. The van der Waals surface area contributed by atoms with Crippen LogP contribution in [0.15, 0.2) is 66.0 Å². The first-order valence-corrected chi connectivity index (χ1v) is 10.4. The monoisotopic (exact) mass is 392 g/mol. The fraction of sp³-hybridized carbons (Fsp3) is 0.261. The smallest absolute Gasteiger partial charge is 0.251 e. The van der Waals surface area contributed by atoms with Gasteiger partial charge in [0.1, 0.15) is 5.75 Å². The molecule has 1 aliphatic rings.